The van der Waals surface area contributed by atoms with Gasteiger partial charge < -0.3 is 19.8 Å². The molecule has 0 aliphatic carbocycles. The summed E-state index contributed by atoms with van der Waals surface area (Å²) in [4.78, 5) is 22.3. The molecule has 0 saturated heterocycles. The van der Waals surface area contributed by atoms with E-state index in [1.807, 2.05) is 6.92 Å². The molecule has 21 heavy (non-hydrogen) atoms. The topological polar surface area (TPSA) is 111 Å². The average molecular weight is 292 g/mol. The smallest absolute Gasteiger partial charge is 0.395 e. The molecule has 1 N–H and O–H groups in total. The van der Waals surface area contributed by atoms with Crippen molar-refractivity contribution in [1.82, 2.24) is 19.1 Å². The first kappa shape index (κ1) is 14.9. The molecule has 2 rings (SSSR count). The molecule has 2 aromatic rings. The van der Waals surface area contributed by atoms with Gasteiger partial charge in [-0.2, -0.15) is 0 Å². The Hall–Kier alpha value is -2.55. The van der Waals surface area contributed by atoms with Gasteiger partial charge in [0.25, 0.3) is 0 Å². The highest BCUT2D eigenvalue weighted by Crippen LogP contribution is 2.15. The van der Waals surface area contributed by atoms with Gasteiger partial charge in [0.15, 0.2) is 5.69 Å². The summed E-state index contributed by atoms with van der Waals surface area (Å²) in [5.41, 5.74) is 1.46. The lowest BCUT2D eigenvalue weighted by Gasteiger charge is -2.05. The van der Waals surface area contributed by atoms with Crippen LogP contribution in [0.5, 0.6) is 0 Å². The molecule has 0 spiro atoms. The summed E-state index contributed by atoms with van der Waals surface area (Å²) in [7, 11) is 1.55. The minimum Gasteiger partial charge on any atom is -0.395 e. The summed E-state index contributed by atoms with van der Waals surface area (Å²) in [5.74, 6) is 0.203. The largest absolute Gasteiger partial charge is 0.434 e. The zero-order valence-corrected chi connectivity index (χ0v) is 11.8. The summed E-state index contributed by atoms with van der Waals surface area (Å²) in [6, 6.07) is 0. The van der Waals surface area contributed by atoms with Crippen LogP contribution in [0.2, 0.25) is 0 Å². The van der Waals surface area contributed by atoms with Gasteiger partial charge in [0.05, 0.1) is 26.1 Å². The number of aliphatic hydroxyl groups is 1. The number of hydrogen-bond acceptors (Lipinski definition) is 6. The van der Waals surface area contributed by atoms with E-state index in [-0.39, 0.29) is 12.6 Å². The van der Waals surface area contributed by atoms with Crippen molar-refractivity contribution in [3.63, 3.8) is 0 Å². The molecule has 0 fully saturated rings. The zero-order chi connectivity index (χ0) is 15.4. The predicted molar refractivity (Wildman–Crippen MR) is 75.8 cm³/mol. The van der Waals surface area contributed by atoms with Crippen LogP contribution in [0, 0.1) is 10.1 Å². The molecular formula is C12H16N6O3. The van der Waals surface area contributed by atoms with Gasteiger partial charge in [-0.1, -0.05) is 11.9 Å². The minimum atomic E-state index is -0.556. The second-order valence-electron chi connectivity index (χ2n) is 4.34. The summed E-state index contributed by atoms with van der Waals surface area (Å²) >= 11 is 0. The summed E-state index contributed by atoms with van der Waals surface area (Å²) in [6.07, 6.45) is 5.32. The van der Waals surface area contributed by atoms with Crippen LogP contribution in [0.25, 0.3) is 0 Å². The highest BCUT2D eigenvalue weighted by Gasteiger charge is 2.16. The zero-order valence-electron chi connectivity index (χ0n) is 11.8. The molecule has 0 radical (unpaired) electrons. The van der Waals surface area contributed by atoms with E-state index in [1.165, 1.54) is 17.0 Å². The number of aliphatic hydroxyl groups excluding tert-OH is 1. The Morgan fingerprint density at radius 1 is 1.48 bits per heavy atom. The molecule has 2 heterocycles. The first-order valence-electron chi connectivity index (χ1n) is 6.43. The number of aryl methyl sites for hydroxylation is 1. The van der Waals surface area contributed by atoms with Crippen molar-refractivity contribution in [2.24, 2.45) is 12.0 Å². The normalized spacial score (nSPS) is 11.4. The molecule has 9 nitrogen and oxygen atoms in total. The lowest BCUT2D eigenvalue weighted by Crippen LogP contribution is -2.05. The van der Waals surface area contributed by atoms with E-state index >= 15 is 0 Å². The third-order valence-electron chi connectivity index (χ3n) is 3.08. The van der Waals surface area contributed by atoms with Crippen LogP contribution in [0.1, 0.15) is 18.3 Å². The van der Waals surface area contributed by atoms with Gasteiger partial charge >= 0.3 is 5.95 Å². The fourth-order valence-corrected chi connectivity index (χ4v) is 1.95. The van der Waals surface area contributed by atoms with E-state index < -0.39 is 4.92 Å². The van der Waals surface area contributed by atoms with E-state index in [0.29, 0.717) is 18.2 Å². The number of imidazole rings is 2. The Labute approximate surface area is 120 Å². The van der Waals surface area contributed by atoms with Gasteiger partial charge in [-0.3, -0.25) is 0 Å². The van der Waals surface area contributed by atoms with Crippen LogP contribution in [0.3, 0.4) is 0 Å². The van der Waals surface area contributed by atoms with Gasteiger partial charge in [-0.05, 0) is 11.3 Å². The third kappa shape index (κ3) is 2.97. The van der Waals surface area contributed by atoms with Crippen LogP contribution in [-0.2, 0) is 20.0 Å². The molecule has 0 unspecified atom stereocenters. The molecule has 0 amide bonds. The van der Waals surface area contributed by atoms with E-state index in [9.17, 15) is 10.1 Å². The van der Waals surface area contributed by atoms with Crippen molar-refractivity contribution in [2.75, 3.05) is 6.61 Å². The molecule has 0 atom stereocenters. The lowest BCUT2D eigenvalue weighted by molar-refractivity contribution is -0.396. The van der Waals surface area contributed by atoms with Gasteiger partial charge in [0, 0.05) is 12.2 Å². The molecule has 2 aromatic heterocycles. The molecule has 9 heteroatoms. The maximum atomic E-state index is 10.7. The first-order valence-corrected chi connectivity index (χ1v) is 6.43. The van der Waals surface area contributed by atoms with Crippen LogP contribution in [0.15, 0.2) is 17.4 Å². The van der Waals surface area contributed by atoms with Crippen LogP contribution < -0.4 is 0 Å². The van der Waals surface area contributed by atoms with Crippen LogP contribution in [0.4, 0.5) is 11.9 Å². The van der Waals surface area contributed by atoms with Crippen molar-refractivity contribution in [1.29, 1.82) is 0 Å². The lowest BCUT2D eigenvalue weighted by atomic mass is 10.3. The number of nitro groups is 1. The highest BCUT2D eigenvalue weighted by molar-refractivity contribution is 5.79. The van der Waals surface area contributed by atoms with Gasteiger partial charge in [0.2, 0.25) is 5.95 Å². The van der Waals surface area contributed by atoms with Crippen molar-refractivity contribution in [2.45, 2.75) is 19.9 Å². The average Bonchev–Trinajstić information content (AvgIpc) is 3.01. The molecule has 0 saturated carbocycles. The summed E-state index contributed by atoms with van der Waals surface area (Å²) < 4.78 is 3.14. The van der Waals surface area contributed by atoms with E-state index in [1.54, 1.807) is 17.8 Å². The Morgan fingerprint density at radius 2 is 2.24 bits per heavy atom. The SMILES string of the molecule is CCc1cnc(N=Cc2cnc([N+](=O)[O-])n2C)n1CCO. The second kappa shape index (κ2) is 6.27. The second-order valence-corrected chi connectivity index (χ2v) is 4.34. The van der Waals surface area contributed by atoms with Gasteiger partial charge in [0.1, 0.15) is 6.20 Å². The standard InChI is InChI=1S/C12H16N6O3/c1-3-9-6-13-11(17(9)4-5-19)14-7-10-8-15-12(16(10)2)18(20)21/h6-8,19H,3-5H2,1-2H3. The van der Waals surface area contributed by atoms with Crippen molar-refractivity contribution < 1.29 is 10.0 Å². The summed E-state index contributed by atoms with van der Waals surface area (Å²) in [6.45, 7) is 2.38. The predicted octanol–water partition coefficient (Wildman–Crippen LogP) is 0.830. The molecule has 0 aromatic carbocycles. The monoisotopic (exact) mass is 292 g/mol. The minimum absolute atomic E-state index is 0.0109. The van der Waals surface area contributed by atoms with Crippen molar-refractivity contribution >= 4 is 18.1 Å². The maximum Gasteiger partial charge on any atom is 0.434 e. The van der Waals surface area contributed by atoms with Crippen LogP contribution in [-0.4, -0.2) is 42.0 Å². The number of aliphatic imine (C=N–C) groups is 1. The Balaban J connectivity index is 2.29. The van der Waals surface area contributed by atoms with E-state index in [4.69, 9.17) is 5.11 Å². The van der Waals surface area contributed by atoms with E-state index in [0.717, 1.165) is 12.1 Å². The molecule has 112 valence electrons. The third-order valence-corrected chi connectivity index (χ3v) is 3.08. The highest BCUT2D eigenvalue weighted by atomic mass is 16.6. The van der Waals surface area contributed by atoms with Crippen LogP contribution >= 0.6 is 0 Å². The number of aromatic nitrogens is 4. The Bertz CT molecular complexity index is 673. The summed E-state index contributed by atoms with van der Waals surface area (Å²) in [5, 5.41) is 19.8. The molecule has 0 aliphatic rings. The Morgan fingerprint density at radius 3 is 2.81 bits per heavy atom. The first-order chi connectivity index (χ1) is 10.1. The quantitative estimate of drug-likeness (QED) is 0.481. The number of rotatable bonds is 6. The van der Waals surface area contributed by atoms with Gasteiger partial charge in [-0.25, -0.2) is 14.5 Å². The Kier molecular flexibility index (Phi) is 4.43. The van der Waals surface area contributed by atoms with Crippen molar-refractivity contribution in [3.8, 4) is 0 Å². The molecule has 0 bridgehead atoms. The maximum absolute atomic E-state index is 10.7. The fraction of sp³-hybridized carbons (Fsp3) is 0.417. The number of nitrogens with zero attached hydrogens (tertiary/aromatic N) is 6. The van der Waals surface area contributed by atoms with E-state index in [2.05, 4.69) is 15.0 Å². The van der Waals surface area contributed by atoms with Gasteiger partial charge in [-0.15, -0.1) is 0 Å². The molecular weight excluding hydrogens is 276 g/mol. The number of hydrogen-bond donors (Lipinski definition) is 1. The molecule has 0 aliphatic heterocycles. The fourth-order valence-electron chi connectivity index (χ4n) is 1.95. The van der Waals surface area contributed by atoms with Crippen molar-refractivity contribution in [3.05, 3.63) is 33.9 Å².